The van der Waals surface area contributed by atoms with E-state index in [0.29, 0.717) is 11.5 Å². The van der Waals surface area contributed by atoms with Crippen LogP contribution >= 0.6 is 0 Å². The van der Waals surface area contributed by atoms with E-state index in [4.69, 9.17) is 9.47 Å². The van der Waals surface area contributed by atoms with Gasteiger partial charge in [0.05, 0.1) is 20.1 Å². The molecule has 0 spiro atoms. The minimum Gasteiger partial charge on any atom is -0.496 e. The lowest BCUT2D eigenvalue weighted by Gasteiger charge is -2.27. The summed E-state index contributed by atoms with van der Waals surface area (Å²) in [4.78, 5) is 13.9. The fourth-order valence-electron chi connectivity index (χ4n) is 4.04. The molecule has 0 saturated carbocycles. The second kappa shape index (κ2) is 9.92. The van der Waals surface area contributed by atoms with E-state index in [9.17, 15) is 4.79 Å². The largest absolute Gasteiger partial charge is 0.496 e. The first-order chi connectivity index (χ1) is 16.0. The number of rotatable bonds is 6. The standard InChI is InChI=1S/C30H37NO3/c1-29(2,3)20-14-16-25(33-7)23(18-20)27(28(32)31-22-12-10-9-11-13-22)24-19-21(30(4,5)6)15-17-26(24)34-8/h9-19,27H,1-8H3,(H,31,32). The Kier molecular flexibility index (Phi) is 7.40. The Bertz CT molecular complexity index is 1070. The first-order valence-electron chi connectivity index (χ1n) is 11.7. The monoisotopic (exact) mass is 459 g/mol. The quantitative estimate of drug-likeness (QED) is 0.429. The molecule has 3 rings (SSSR count). The zero-order chi connectivity index (χ0) is 25.1. The number of carbonyl (C=O) groups is 1. The third-order valence-electron chi connectivity index (χ3n) is 6.12. The molecular formula is C30H37NO3. The highest BCUT2D eigenvalue weighted by Gasteiger charge is 2.31. The number of para-hydroxylation sites is 1. The van der Waals surface area contributed by atoms with Gasteiger partial charge in [0.15, 0.2) is 0 Å². The van der Waals surface area contributed by atoms with Crippen molar-refractivity contribution in [3.8, 4) is 11.5 Å². The maximum Gasteiger partial charge on any atom is 0.236 e. The molecule has 34 heavy (non-hydrogen) atoms. The van der Waals surface area contributed by atoms with Gasteiger partial charge in [0.1, 0.15) is 11.5 Å². The lowest BCUT2D eigenvalue weighted by Crippen LogP contribution is -2.25. The third-order valence-corrected chi connectivity index (χ3v) is 6.12. The van der Waals surface area contributed by atoms with Crippen molar-refractivity contribution >= 4 is 11.6 Å². The molecule has 1 amide bonds. The van der Waals surface area contributed by atoms with Gasteiger partial charge in [0.25, 0.3) is 0 Å². The van der Waals surface area contributed by atoms with Gasteiger partial charge >= 0.3 is 0 Å². The molecule has 3 aromatic rings. The van der Waals surface area contributed by atoms with Crippen LogP contribution in [0, 0.1) is 0 Å². The smallest absolute Gasteiger partial charge is 0.236 e. The highest BCUT2D eigenvalue weighted by Crippen LogP contribution is 2.41. The summed E-state index contributed by atoms with van der Waals surface area (Å²) < 4.78 is 11.5. The Morgan fingerprint density at radius 1 is 0.706 bits per heavy atom. The Morgan fingerprint density at radius 2 is 1.15 bits per heavy atom. The van der Waals surface area contributed by atoms with Gasteiger partial charge < -0.3 is 14.8 Å². The minimum absolute atomic E-state index is 0.0845. The van der Waals surface area contributed by atoms with E-state index in [1.807, 2.05) is 42.5 Å². The summed E-state index contributed by atoms with van der Waals surface area (Å²) in [5.74, 6) is 0.573. The van der Waals surface area contributed by atoms with E-state index < -0.39 is 5.92 Å². The summed E-state index contributed by atoms with van der Waals surface area (Å²) >= 11 is 0. The first-order valence-corrected chi connectivity index (χ1v) is 11.7. The number of hydrogen-bond donors (Lipinski definition) is 1. The van der Waals surface area contributed by atoms with Crippen LogP contribution in [-0.2, 0) is 15.6 Å². The van der Waals surface area contributed by atoms with Crippen LogP contribution in [0.5, 0.6) is 11.5 Å². The van der Waals surface area contributed by atoms with E-state index >= 15 is 0 Å². The molecule has 0 bridgehead atoms. The zero-order valence-electron chi connectivity index (χ0n) is 21.7. The van der Waals surface area contributed by atoms with Gasteiger partial charge in [-0.1, -0.05) is 84.0 Å². The fraction of sp³-hybridized carbons (Fsp3) is 0.367. The number of carbonyl (C=O) groups excluding carboxylic acids is 1. The summed E-state index contributed by atoms with van der Waals surface area (Å²) in [6.07, 6.45) is 0. The Hall–Kier alpha value is -3.27. The number of amides is 1. The van der Waals surface area contributed by atoms with Crippen molar-refractivity contribution in [1.82, 2.24) is 0 Å². The maximum atomic E-state index is 13.9. The molecule has 0 aromatic heterocycles. The number of nitrogens with one attached hydrogen (secondary N) is 1. The predicted molar refractivity (Wildman–Crippen MR) is 140 cm³/mol. The highest BCUT2D eigenvalue weighted by molar-refractivity contribution is 5.99. The van der Waals surface area contributed by atoms with Crippen LogP contribution in [0.1, 0.15) is 69.7 Å². The molecule has 3 aromatic carbocycles. The lowest BCUT2D eigenvalue weighted by atomic mass is 9.80. The molecule has 0 aliphatic heterocycles. The predicted octanol–water partition coefficient (Wildman–Crippen LogP) is 7.07. The Morgan fingerprint density at radius 3 is 1.53 bits per heavy atom. The topological polar surface area (TPSA) is 47.6 Å². The van der Waals surface area contributed by atoms with Crippen LogP contribution in [0.15, 0.2) is 66.7 Å². The number of anilines is 1. The van der Waals surface area contributed by atoms with E-state index in [1.54, 1.807) is 14.2 Å². The van der Waals surface area contributed by atoms with Gasteiger partial charge in [0.2, 0.25) is 5.91 Å². The van der Waals surface area contributed by atoms with Gasteiger partial charge in [0, 0.05) is 16.8 Å². The highest BCUT2D eigenvalue weighted by atomic mass is 16.5. The minimum atomic E-state index is -0.630. The molecule has 4 heteroatoms. The summed E-state index contributed by atoms with van der Waals surface area (Å²) in [5.41, 5.74) is 4.46. The SMILES string of the molecule is COc1ccc(C(C)(C)C)cc1C(C(=O)Nc1ccccc1)c1cc(C(C)(C)C)ccc1OC. The normalized spacial score (nSPS) is 11.9. The Balaban J connectivity index is 2.28. The molecule has 0 saturated heterocycles. The number of methoxy groups -OCH3 is 2. The summed E-state index contributed by atoms with van der Waals surface area (Å²) in [7, 11) is 3.29. The first kappa shape index (κ1) is 25.4. The second-order valence-corrected chi connectivity index (χ2v) is 10.7. The Labute approximate surface area is 204 Å². The van der Waals surface area contributed by atoms with E-state index in [1.165, 1.54) is 0 Å². The van der Waals surface area contributed by atoms with Crippen molar-refractivity contribution in [3.63, 3.8) is 0 Å². The molecule has 0 atom stereocenters. The molecule has 0 aliphatic rings. The number of benzene rings is 3. The lowest BCUT2D eigenvalue weighted by molar-refractivity contribution is -0.116. The summed E-state index contributed by atoms with van der Waals surface area (Å²) in [6.45, 7) is 13.0. The zero-order valence-corrected chi connectivity index (χ0v) is 21.7. The van der Waals surface area contributed by atoms with Crippen LogP contribution in [-0.4, -0.2) is 20.1 Å². The molecule has 0 aliphatic carbocycles. The van der Waals surface area contributed by atoms with Gasteiger partial charge in [-0.3, -0.25) is 4.79 Å². The van der Waals surface area contributed by atoms with Crippen molar-refractivity contribution in [3.05, 3.63) is 89.0 Å². The van der Waals surface area contributed by atoms with Crippen molar-refractivity contribution in [1.29, 1.82) is 0 Å². The second-order valence-electron chi connectivity index (χ2n) is 10.7. The molecule has 180 valence electrons. The number of ether oxygens (including phenoxy) is 2. The van der Waals surface area contributed by atoms with Gasteiger partial charge in [-0.15, -0.1) is 0 Å². The van der Waals surface area contributed by atoms with Crippen LogP contribution < -0.4 is 14.8 Å². The third kappa shape index (κ3) is 5.61. The van der Waals surface area contributed by atoms with Crippen LogP contribution in [0.2, 0.25) is 0 Å². The van der Waals surface area contributed by atoms with E-state index in [2.05, 4.69) is 71.1 Å². The summed E-state index contributed by atoms with van der Waals surface area (Å²) in [6, 6.07) is 21.8. The van der Waals surface area contributed by atoms with Gasteiger partial charge in [-0.05, 0) is 46.2 Å². The van der Waals surface area contributed by atoms with Gasteiger partial charge in [-0.2, -0.15) is 0 Å². The van der Waals surface area contributed by atoms with Crippen molar-refractivity contribution in [2.45, 2.75) is 58.3 Å². The van der Waals surface area contributed by atoms with Crippen molar-refractivity contribution in [2.75, 3.05) is 19.5 Å². The average molecular weight is 460 g/mol. The fourth-order valence-corrected chi connectivity index (χ4v) is 4.04. The van der Waals surface area contributed by atoms with Crippen molar-refractivity contribution < 1.29 is 14.3 Å². The molecule has 0 unspecified atom stereocenters. The molecule has 4 nitrogen and oxygen atoms in total. The van der Waals surface area contributed by atoms with Crippen LogP contribution in [0.4, 0.5) is 5.69 Å². The van der Waals surface area contributed by atoms with Gasteiger partial charge in [-0.25, -0.2) is 0 Å². The summed E-state index contributed by atoms with van der Waals surface area (Å²) in [5, 5.41) is 3.11. The van der Waals surface area contributed by atoms with E-state index in [0.717, 1.165) is 27.9 Å². The van der Waals surface area contributed by atoms with E-state index in [-0.39, 0.29) is 16.7 Å². The maximum absolute atomic E-state index is 13.9. The van der Waals surface area contributed by atoms with Crippen LogP contribution in [0.3, 0.4) is 0 Å². The number of hydrogen-bond acceptors (Lipinski definition) is 3. The van der Waals surface area contributed by atoms with Crippen LogP contribution in [0.25, 0.3) is 0 Å². The molecule has 0 radical (unpaired) electrons. The van der Waals surface area contributed by atoms with Crippen molar-refractivity contribution in [2.24, 2.45) is 0 Å². The molecular weight excluding hydrogens is 422 g/mol. The molecule has 0 fully saturated rings. The average Bonchev–Trinajstić information content (AvgIpc) is 2.78. The molecule has 0 heterocycles. The molecule has 1 N–H and O–H groups in total.